The maximum atomic E-state index is 13.9. The number of fused-ring (bicyclic) bond motifs is 1. The number of carbonyl (C=O) groups excluding carboxylic acids is 2. The maximum absolute atomic E-state index is 13.9. The van der Waals surface area contributed by atoms with Crippen molar-refractivity contribution >= 4 is 28.8 Å². The molecule has 0 saturated carbocycles. The van der Waals surface area contributed by atoms with Crippen molar-refractivity contribution in [2.24, 2.45) is 0 Å². The number of benzene rings is 3. The van der Waals surface area contributed by atoms with Crippen LogP contribution in [0.2, 0.25) is 0 Å². The minimum Gasteiger partial charge on any atom is -0.357 e. The van der Waals surface area contributed by atoms with Gasteiger partial charge in [0, 0.05) is 35.4 Å². The van der Waals surface area contributed by atoms with Gasteiger partial charge in [0.15, 0.2) is 5.78 Å². The number of amides is 1. The van der Waals surface area contributed by atoms with E-state index in [2.05, 4.69) is 5.32 Å². The molecule has 0 saturated heterocycles. The Bertz CT molecular complexity index is 1300. The number of nitrogens with zero attached hydrogens (tertiary/aromatic N) is 2. The molecule has 7 heteroatoms. The largest absolute Gasteiger partial charge is 0.357 e. The van der Waals surface area contributed by atoms with E-state index in [0.29, 0.717) is 41.6 Å². The minimum atomic E-state index is -0.795. The van der Waals surface area contributed by atoms with E-state index < -0.39 is 11.0 Å². The summed E-state index contributed by atoms with van der Waals surface area (Å²) < 4.78 is 0. The number of nitrogens with one attached hydrogen (secondary N) is 1. The second-order valence-corrected chi connectivity index (χ2v) is 8.11. The molecule has 2 aliphatic rings. The molecule has 0 bridgehead atoms. The molecule has 1 atom stereocenters. The first-order valence-corrected chi connectivity index (χ1v) is 10.8. The molecule has 0 aromatic heterocycles. The highest BCUT2D eigenvalue weighted by atomic mass is 16.6. The summed E-state index contributed by atoms with van der Waals surface area (Å²) in [5, 5.41) is 14.9. The lowest BCUT2D eigenvalue weighted by atomic mass is 9.85. The molecular formula is C26H21N3O4. The summed E-state index contributed by atoms with van der Waals surface area (Å²) in [6.07, 6.45) is 1.74. The average Bonchev–Trinajstić information content (AvgIpc) is 2.99. The molecule has 33 heavy (non-hydrogen) atoms. The lowest BCUT2D eigenvalue weighted by Crippen LogP contribution is -2.38. The van der Waals surface area contributed by atoms with Crippen molar-refractivity contribution in [3.05, 3.63) is 111 Å². The van der Waals surface area contributed by atoms with Gasteiger partial charge in [0.1, 0.15) is 0 Å². The molecule has 1 N–H and O–H groups in total. The summed E-state index contributed by atoms with van der Waals surface area (Å²) >= 11 is 0. The number of rotatable bonds is 3. The standard InChI is InChI=1S/C26H21N3O4/c30-23-15-7-13-21-24(23)25(18-10-6-11-19(16-18)29(32)33)28(22-14-5-4-12-20(22)27-21)26(31)17-8-2-1-3-9-17/h1-6,8-12,14,16,25,27H,7,13,15H2. The number of Topliss-reactive ketones (excluding diaryl/α,β-unsaturated/α-hetero) is 1. The fourth-order valence-corrected chi connectivity index (χ4v) is 4.60. The van der Waals surface area contributed by atoms with E-state index in [9.17, 15) is 19.7 Å². The zero-order valence-corrected chi connectivity index (χ0v) is 17.7. The molecule has 1 unspecified atom stereocenters. The Morgan fingerprint density at radius 2 is 1.73 bits per heavy atom. The first kappa shape index (κ1) is 20.6. The van der Waals surface area contributed by atoms with Gasteiger partial charge in [0.2, 0.25) is 0 Å². The van der Waals surface area contributed by atoms with Gasteiger partial charge in [-0.05, 0) is 42.7 Å². The van der Waals surface area contributed by atoms with Crippen LogP contribution in [0.25, 0.3) is 0 Å². The van der Waals surface area contributed by atoms with E-state index in [-0.39, 0.29) is 17.4 Å². The van der Waals surface area contributed by atoms with Gasteiger partial charge in [0.05, 0.1) is 22.3 Å². The number of hydrogen-bond donors (Lipinski definition) is 1. The third-order valence-electron chi connectivity index (χ3n) is 6.07. The Labute approximate surface area is 190 Å². The van der Waals surface area contributed by atoms with Crippen molar-refractivity contribution in [2.75, 3.05) is 10.2 Å². The number of nitro groups is 1. The summed E-state index contributed by atoms with van der Waals surface area (Å²) in [5.74, 6) is -0.340. The molecule has 1 aliphatic heterocycles. The summed E-state index contributed by atoms with van der Waals surface area (Å²) in [4.78, 5) is 39.9. The van der Waals surface area contributed by atoms with E-state index in [1.807, 2.05) is 30.3 Å². The molecule has 1 aliphatic carbocycles. The lowest BCUT2D eigenvalue weighted by molar-refractivity contribution is -0.384. The molecule has 0 fully saturated rings. The van der Waals surface area contributed by atoms with Gasteiger partial charge < -0.3 is 5.32 Å². The van der Waals surface area contributed by atoms with Crippen LogP contribution in [0, 0.1) is 10.1 Å². The van der Waals surface area contributed by atoms with E-state index in [4.69, 9.17) is 0 Å². The highest BCUT2D eigenvalue weighted by Gasteiger charge is 2.40. The van der Waals surface area contributed by atoms with Crippen LogP contribution >= 0.6 is 0 Å². The van der Waals surface area contributed by atoms with Crippen LogP contribution in [0.3, 0.4) is 0 Å². The predicted molar refractivity (Wildman–Crippen MR) is 125 cm³/mol. The highest BCUT2D eigenvalue weighted by molar-refractivity contribution is 6.11. The summed E-state index contributed by atoms with van der Waals surface area (Å²) in [6, 6.07) is 21.7. The number of ketones is 1. The quantitative estimate of drug-likeness (QED) is 0.435. The van der Waals surface area contributed by atoms with Crippen LogP contribution in [0.1, 0.15) is 41.2 Å². The monoisotopic (exact) mass is 439 g/mol. The Hall–Kier alpha value is -4.26. The topological polar surface area (TPSA) is 92.5 Å². The molecule has 164 valence electrons. The third-order valence-corrected chi connectivity index (χ3v) is 6.07. The lowest BCUT2D eigenvalue weighted by Gasteiger charge is -2.34. The highest BCUT2D eigenvalue weighted by Crippen LogP contribution is 2.45. The van der Waals surface area contributed by atoms with Crippen molar-refractivity contribution < 1.29 is 14.5 Å². The number of para-hydroxylation sites is 2. The molecule has 3 aromatic rings. The molecule has 7 nitrogen and oxygen atoms in total. The minimum absolute atomic E-state index is 0.0566. The Balaban J connectivity index is 1.80. The fraction of sp³-hybridized carbons (Fsp3) is 0.154. The first-order chi connectivity index (χ1) is 16.0. The molecule has 1 heterocycles. The van der Waals surface area contributed by atoms with E-state index >= 15 is 0 Å². The Morgan fingerprint density at radius 1 is 0.970 bits per heavy atom. The number of hydrogen-bond acceptors (Lipinski definition) is 5. The zero-order valence-electron chi connectivity index (χ0n) is 17.7. The van der Waals surface area contributed by atoms with Crippen LogP contribution in [-0.2, 0) is 4.79 Å². The number of carbonyl (C=O) groups is 2. The van der Waals surface area contributed by atoms with E-state index in [1.165, 1.54) is 12.1 Å². The number of allylic oxidation sites excluding steroid dienone is 1. The van der Waals surface area contributed by atoms with Gasteiger partial charge >= 0.3 is 0 Å². The SMILES string of the molecule is O=C1CCCC2=C1C(c1cccc([N+](=O)[O-])c1)N(C(=O)c1ccccc1)c1ccccc1N2. The van der Waals surface area contributed by atoms with Crippen LogP contribution in [-0.4, -0.2) is 16.6 Å². The smallest absolute Gasteiger partial charge is 0.269 e. The molecule has 0 radical (unpaired) electrons. The summed E-state index contributed by atoms with van der Waals surface area (Å²) in [7, 11) is 0. The van der Waals surface area contributed by atoms with Gasteiger partial charge in [-0.1, -0.05) is 42.5 Å². The second-order valence-electron chi connectivity index (χ2n) is 8.11. The van der Waals surface area contributed by atoms with Crippen molar-refractivity contribution in [1.82, 2.24) is 0 Å². The molecule has 0 spiro atoms. The third kappa shape index (κ3) is 3.67. The number of non-ortho nitro benzene ring substituents is 1. The van der Waals surface area contributed by atoms with Crippen molar-refractivity contribution in [3.8, 4) is 0 Å². The molecule has 3 aromatic carbocycles. The van der Waals surface area contributed by atoms with E-state index in [0.717, 1.165) is 11.4 Å². The van der Waals surface area contributed by atoms with Gasteiger partial charge in [-0.2, -0.15) is 0 Å². The summed E-state index contributed by atoms with van der Waals surface area (Å²) in [6.45, 7) is 0. The maximum Gasteiger partial charge on any atom is 0.269 e. The van der Waals surface area contributed by atoms with Crippen molar-refractivity contribution in [3.63, 3.8) is 0 Å². The van der Waals surface area contributed by atoms with E-state index in [1.54, 1.807) is 41.3 Å². The Kier molecular flexibility index (Phi) is 5.22. The predicted octanol–water partition coefficient (Wildman–Crippen LogP) is 5.42. The van der Waals surface area contributed by atoms with Gasteiger partial charge in [-0.25, -0.2) is 0 Å². The van der Waals surface area contributed by atoms with Gasteiger partial charge in [0.25, 0.3) is 11.6 Å². The fourth-order valence-electron chi connectivity index (χ4n) is 4.60. The molecule has 5 rings (SSSR count). The van der Waals surface area contributed by atoms with Crippen LogP contribution in [0.4, 0.5) is 17.1 Å². The molecule has 1 amide bonds. The Morgan fingerprint density at radius 3 is 2.52 bits per heavy atom. The van der Waals surface area contributed by atoms with Crippen LogP contribution < -0.4 is 10.2 Å². The number of nitro benzene ring substituents is 1. The van der Waals surface area contributed by atoms with Gasteiger partial charge in [-0.15, -0.1) is 0 Å². The van der Waals surface area contributed by atoms with Crippen molar-refractivity contribution in [2.45, 2.75) is 25.3 Å². The van der Waals surface area contributed by atoms with Crippen LogP contribution in [0.5, 0.6) is 0 Å². The van der Waals surface area contributed by atoms with Crippen LogP contribution in [0.15, 0.2) is 90.1 Å². The number of anilines is 2. The van der Waals surface area contributed by atoms with Gasteiger partial charge in [-0.3, -0.25) is 24.6 Å². The second kappa shape index (κ2) is 8.35. The van der Waals surface area contributed by atoms with Crippen molar-refractivity contribution in [1.29, 1.82) is 0 Å². The summed E-state index contributed by atoms with van der Waals surface area (Å²) in [5.41, 5.74) is 3.49. The molecular weight excluding hydrogens is 418 g/mol. The average molecular weight is 439 g/mol. The normalized spacial score (nSPS) is 17.5. The zero-order chi connectivity index (χ0) is 22.9. The first-order valence-electron chi connectivity index (χ1n) is 10.8.